The molecule has 2 saturated carbocycles. The summed E-state index contributed by atoms with van der Waals surface area (Å²) in [6, 6.07) is 1.37. The Bertz CT molecular complexity index is 835. The second-order valence-corrected chi connectivity index (χ2v) is 13.1. The van der Waals surface area contributed by atoms with Crippen LogP contribution in [-0.2, 0) is 9.53 Å². The molecule has 6 aliphatic rings. The summed E-state index contributed by atoms with van der Waals surface area (Å²) < 4.78 is 30.0. The van der Waals surface area contributed by atoms with Gasteiger partial charge in [0.05, 0.1) is 31.8 Å². The highest BCUT2D eigenvalue weighted by Crippen LogP contribution is 2.36. The van der Waals surface area contributed by atoms with Crippen molar-refractivity contribution in [1.82, 2.24) is 41.5 Å². The van der Waals surface area contributed by atoms with Gasteiger partial charge in [-0.2, -0.15) is 8.78 Å². The Balaban J connectivity index is 0.958. The van der Waals surface area contributed by atoms with E-state index in [0.717, 1.165) is 104 Å². The lowest BCUT2D eigenvalue weighted by Crippen LogP contribution is -2.67. The van der Waals surface area contributed by atoms with Crippen molar-refractivity contribution in [2.24, 2.45) is 17.8 Å². The Kier molecular flexibility index (Phi) is 9.54. The number of carbonyl (C=O) groups is 1. The monoisotopic (exact) mass is 568 g/mol. The van der Waals surface area contributed by atoms with Crippen molar-refractivity contribution in [2.75, 3.05) is 46.1 Å². The smallest absolute Gasteiger partial charge is 0.342 e. The standard InChI is InChI=1S/C28H50F2N8O2/c1-18-14-20(4-7-23(18)27(39)36-11-8-21(9-12-36)38-17-31-16-34-38)35-25-26-33-15-24(37(26)13-10-32-25)19-2-5-22(6-3-19)40-28(29)30/h18-26,28,31-35H,2-17H2,1H3. The van der Waals surface area contributed by atoms with E-state index in [4.69, 9.17) is 4.74 Å². The number of nitrogens with zero attached hydrogens (tertiary/aromatic N) is 3. The molecule has 1 amide bonds. The molecule has 12 heteroatoms. The van der Waals surface area contributed by atoms with E-state index in [-0.39, 0.29) is 24.4 Å². The summed E-state index contributed by atoms with van der Waals surface area (Å²) >= 11 is 0. The van der Waals surface area contributed by atoms with Crippen molar-refractivity contribution in [3.05, 3.63) is 0 Å². The van der Waals surface area contributed by atoms with Crippen molar-refractivity contribution in [3.63, 3.8) is 0 Å². The van der Waals surface area contributed by atoms with Crippen molar-refractivity contribution < 1.29 is 18.3 Å². The molecule has 4 aliphatic heterocycles. The van der Waals surface area contributed by atoms with Crippen LogP contribution in [0.25, 0.3) is 0 Å². The molecule has 6 fully saturated rings. The number of alkyl halides is 2. The van der Waals surface area contributed by atoms with Gasteiger partial charge in [0.1, 0.15) is 0 Å². The van der Waals surface area contributed by atoms with Crippen LogP contribution in [0.1, 0.15) is 64.7 Å². The summed E-state index contributed by atoms with van der Waals surface area (Å²) in [4.78, 5) is 18.2. The van der Waals surface area contributed by atoms with Crippen LogP contribution in [0.4, 0.5) is 8.78 Å². The fourth-order valence-corrected chi connectivity index (χ4v) is 8.55. The van der Waals surface area contributed by atoms with Crippen LogP contribution in [0.15, 0.2) is 0 Å². The minimum atomic E-state index is -2.66. The van der Waals surface area contributed by atoms with Gasteiger partial charge < -0.3 is 9.64 Å². The molecule has 0 aromatic carbocycles. The number of hydrazine groups is 1. The third-order valence-corrected chi connectivity index (χ3v) is 10.7. The molecular formula is C28H50F2N8O2. The summed E-state index contributed by atoms with van der Waals surface area (Å²) in [7, 11) is 0. The Hall–Kier alpha value is -0.990. The number of nitrogens with one attached hydrogen (secondary N) is 5. The van der Waals surface area contributed by atoms with Crippen LogP contribution in [0, 0.1) is 17.8 Å². The van der Waals surface area contributed by atoms with Crippen LogP contribution in [0.2, 0.25) is 0 Å². The number of piperidine rings is 1. The average Bonchev–Trinajstić information content (AvgIpc) is 3.65. The lowest BCUT2D eigenvalue weighted by atomic mass is 9.76. The second kappa shape index (κ2) is 13.1. The largest absolute Gasteiger partial charge is 0.345 e. The van der Waals surface area contributed by atoms with Crippen LogP contribution in [0.5, 0.6) is 0 Å². The lowest BCUT2D eigenvalue weighted by Gasteiger charge is -2.45. The average molecular weight is 569 g/mol. The molecule has 228 valence electrons. The number of carbonyl (C=O) groups excluding carboxylic acids is 1. The fraction of sp³-hybridized carbons (Fsp3) is 0.964. The van der Waals surface area contributed by atoms with Gasteiger partial charge in [0.15, 0.2) is 0 Å². The summed E-state index contributed by atoms with van der Waals surface area (Å²) in [5, 5.41) is 17.0. The normalized spacial score (nSPS) is 40.5. The van der Waals surface area contributed by atoms with E-state index >= 15 is 0 Å². The highest BCUT2D eigenvalue weighted by atomic mass is 19.3. The Morgan fingerprint density at radius 1 is 1.00 bits per heavy atom. The molecular weight excluding hydrogens is 518 g/mol. The minimum Gasteiger partial charge on any atom is -0.342 e. The SMILES string of the molecule is CC1CC(NC2NCCN3C(C4CCC(OC(F)F)CC4)CNC23)CCC1C(=O)N1CCC(N2CNCN2)CC1. The Morgan fingerprint density at radius 2 is 1.80 bits per heavy atom. The molecule has 6 rings (SSSR count). The van der Waals surface area contributed by atoms with Crippen LogP contribution >= 0.6 is 0 Å². The third-order valence-electron chi connectivity index (χ3n) is 10.7. The molecule has 0 aromatic heterocycles. The molecule has 10 nitrogen and oxygen atoms in total. The molecule has 40 heavy (non-hydrogen) atoms. The maximum absolute atomic E-state index is 13.5. The number of piperazine rings is 1. The van der Waals surface area contributed by atoms with Gasteiger partial charge in [-0.25, -0.2) is 10.4 Å². The van der Waals surface area contributed by atoms with Gasteiger partial charge in [-0.15, -0.1) is 0 Å². The minimum absolute atomic E-state index is 0.134. The number of ether oxygens (including phenoxy) is 1. The molecule has 0 spiro atoms. The van der Waals surface area contributed by atoms with E-state index in [0.29, 0.717) is 35.9 Å². The van der Waals surface area contributed by atoms with Crippen LogP contribution in [-0.4, -0.2) is 110 Å². The van der Waals surface area contributed by atoms with E-state index < -0.39 is 6.61 Å². The zero-order valence-corrected chi connectivity index (χ0v) is 24.0. The van der Waals surface area contributed by atoms with Gasteiger partial charge >= 0.3 is 6.61 Å². The predicted molar refractivity (Wildman–Crippen MR) is 148 cm³/mol. The highest BCUT2D eigenvalue weighted by Gasteiger charge is 2.45. The van der Waals surface area contributed by atoms with Gasteiger partial charge in [-0.05, 0) is 69.6 Å². The molecule has 2 aliphatic carbocycles. The van der Waals surface area contributed by atoms with Crippen LogP contribution < -0.4 is 26.7 Å². The van der Waals surface area contributed by atoms with Gasteiger partial charge in [0.25, 0.3) is 0 Å². The first-order chi connectivity index (χ1) is 19.5. The number of rotatable bonds is 7. The third kappa shape index (κ3) is 6.49. The Labute approximate surface area is 237 Å². The number of halogens is 2. The summed E-state index contributed by atoms with van der Waals surface area (Å²) in [5.74, 6) is 1.40. The maximum Gasteiger partial charge on any atom is 0.345 e. The van der Waals surface area contributed by atoms with E-state index in [1.807, 2.05) is 0 Å². The molecule has 5 N–H and O–H groups in total. The maximum atomic E-state index is 13.5. The van der Waals surface area contributed by atoms with Gasteiger partial charge in [-0.3, -0.25) is 31.0 Å². The summed E-state index contributed by atoms with van der Waals surface area (Å²) in [6.45, 7) is 5.95. The van der Waals surface area contributed by atoms with Crippen molar-refractivity contribution in [2.45, 2.75) is 108 Å². The van der Waals surface area contributed by atoms with Crippen molar-refractivity contribution in [3.8, 4) is 0 Å². The number of hydrogen-bond acceptors (Lipinski definition) is 9. The predicted octanol–water partition coefficient (Wildman–Crippen LogP) is 1.02. The van der Waals surface area contributed by atoms with E-state index in [2.05, 4.69) is 48.4 Å². The zero-order chi connectivity index (χ0) is 27.6. The second-order valence-electron chi connectivity index (χ2n) is 13.1. The number of hydrogen-bond donors (Lipinski definition) is 5. The molecule has 6 unspecified atom stereocenters. The first-order valence-corrected chi connectivity index (χ1v) is 15.9. The first-order valence-electron chi connectivity index (χ1n) is 15.9. The molecule has 0 radical (unpaired) electrons. The molecule has 6 atom stereocenters. The number of fused-ring (bicyclic) bond motifs is 1. The molecule has 4 heterocycles. The number of amides is 1. The van der Waals surface area contributed by atoms with E-state index in [9.17, 15) is 13.6 Å². The van der Waals surface area contributed by atoms with Crippen molar-refractivity contribution in [1.29, 1.82) is 0 Å². The molecule has 0 bridgehead atoms. The summed E-state index contributed by atoms with van der Waals surface area (Å²) in [5.41, 5.74) is 3.39. The van der Waals surface area contributed by atoms with Gasteiger partial charge in [0.2, 0.25) is 5.91 Å². The Morgan fingerprint density at radius 3 is 2.50 bits per heavy atom. The lowest BCUT2D eigenvalue weighted by molar-refractivity contribution is -0.172. The van der Waals surface area contributed by atoms with Gasteiger partial charge in [0, 0.05) is 56.8 Å². The fourth-order valence-electron chi connectivity index (χ4n) is 8.55. The quantitative estimate of drug-likeness (QED) is 0.309. The van der Waals surface area contributed by atoms with E-state index in [1.54, 1.807) is 0 Å². The van der Waals surface area contributed by atoms with Crippen LogP contribution in [0.3, 0.4) is 0 Å². The summed E-state index contributed by atoms with van der Waals surface area (Å²) in [6.07, 6.45) is 8.59. The topological polar surface area (TPSA) is 96.2 Å². The van der Waals surface area contributed by atoms with Crippen molar-refractivity contribution >= 4 is 5.91 Å². The number of likely N-dealkylation sites (tertiary alicyclic amines) is 1. The van der Waals surface area contributed by atoms with E-state index in [1.165, 1.54) is 0 Å². The zero-order valence-electron chi connectivity index (χ0n) is 24.0. The molecule has 0 aromatic rings. The highest BCUT2D eigenvalue weighted by molar-refractivity contribution is 5.79. The first kappa shape index (κ1) is 29.1. The molecule has 4 saturated heterocycles. The van der Waals surface area contributed by atoms with Gasteiger partial charge in [-0.1, -0.05) is 6.92 Å².